The molecule has 0 atom stereocenters. The molecule has 3 aromatic carbocycles. The lowest BCUT2D eigenvalue weighted by atomic mass is 10.0. The lowest BCUT2D eigenvalue weighted by molar-refractivity contribution is 1.01. The zero-order valence-corrected chi connectivity index (χ0v) is 14.3. The minimum Gasteiger partial charge on any atom is -0.342 e. The first-order valence-electron chi connectivity index (χ1n) is 8.56. The second-order valence-electron chi connectivity index (χ2n) is 6.67. The highest BCUT2D eigenvalue weighted by atomic mass is 15.0. The summed E-state index contributed by atoms with van der Waals surface area (Å²) in [7, 11) is 2.14. The van der Waals surface area contributed by atoms with Gasteiger partial charge in [-0.3, -0.25) is 4.98 Å². The average Bonchev–Trinajstić information content (AvgIpc) is 2.95. The predicted molar refractivity (Wildman–Crippen MR) is 106 cm³/mol. The highest BCUT2D eigenvalue weighted by Crippen LogP contribution is 2.37. The normalized spacial score (nSPS) is 11.6. The molecule has 0 amide bonds. The van der Waals surface area contributed by atoms with Gasteiger partial charge in [-0.05, 0) is 29.8 Å². The van der Waals surface area contributed by atoms with Crippen molar-refractivity contribution in [2.24, 2.45) is 7.05 Å². The van der Waals surface area contributed by atoms with Gasteiger partial charge in [0.25, 0.3) is 0 Å². The van der Waals surface area contributed by atoms with Gasteiger partial charge in [0.15, 0.2) is 0 Å². The van der Waals surface area contributed by atoms with Crippen molar-refractivity contribution < 1.29 is 0 Å². The molecule has 0 saturated heterocycles. The van der Waals surface area contributed by atoms with Crippen LogP contribution in [-0.2, 0) is 7.05 Å². The van der Waals surface area contributed by atoms with Crippen molar-refractivity contribution >= 4 is 32.6 Å². The molecule has 25 heavy (non-hydrogen) atoms. The summed E-state index contributed by atoms with van der Waals surface area (Å²) < 4.78 is 2.28. The molecule has 120 valence electrons. The van der Waals surface area contributed by atoms with Crippen LogP contribution in [0.2, 0.25) is 0 Å². The van der Waals surface area contributed by atoms with Crippen LogP contribution < -0.4 is 0 Å². The monoisotopic (exact) mass is 322 g/mol. The molecule has 2 aromatic heterocycles. The molecule has 0 saturated carbocycles. The van der Waals surface area contributed by atoms with Gasteiger partial charge in [-0.2, -0.15) is 0 Å². The Morgan fingerprint density at radius 3 is 2.52 bits per heavy atom. The summed E-state index contributed by atoms with van der Waals surface area (Å²) in [4.78, 5) is 4.71. The Balaban J connectivity index is 1.99. The van der Waals surface area contributed by atoms with E-state index in [9.17, 15) is 0 Å². The molecule has 2 heteroatoms. The van der Waals surface area contributed by atoms with E-state index >= 15 is 0 Å². The Labute approximate surface area is 146 Å². The van der Waals surface area contributed by atoms with E-state index in [2.05, 4.69) is 79.2 Å². The van der Waals surface area contributed by atoms with Crippen molar-refractivity contribution in [3.63, 3.8) is 0 Å². The van der Waals surface area contributed by atoms with Gasteiger partial charge in [0.05, 0.1) is 11.2 Å². The molecule has 0 N–H and O–H groups in total. The molecule has 5 aromatic rings. The minimum atomic E-state index is 1.04. The Bertz CT molecular complexity index is 1250. The summed E-state index contributed by atoms with van der Waals surface area (Å²) in [6, 6.07) is 23.7. The third-order valence-electron chi connectivity index (χ3n) is 5.09. The fraction of sp³-hybridized carbons (Fsp3) is 0.0870. The topological polar surface area (TPSA) is 17.8 Å². The van der Waals surface area contributed by atoms with Crippen LogP contribution in [0, 0.1) is 6.92 Å². The van der Waals surface area contributed by atoms with Crippen molar-refractivity contribution in [3.05, 3.63) is 78.5 Å². The molecule has 0 aliphatic rings. The SMILES string of the molecule is Cc1ccc2c(ccc3c2c2ccnc(-c4ccccc4)c2n3C)c1. The third kappa shape index (κ3) is 2.01. The second-order valence-corrected chi connectivity index (χ2v) is 6.67. The van der Waals surface area contributed by atoms with Gasteiger partial charge in [0.1, 0.15) is 0 Å². The van der Waals surface area contributed by atoms with E-state index < -0.39 is 0 Å². The lowest BCUT2D eigenvalue weighted by Crippen LogP contribution is -1.92. The zero-order valence-electron chi connectivity index (χ0n) is 14.3. The van der Waals surface area contributed by atoms with E-state index in [0.717, 1.165) is 11.3 Å². The first kappa shape index (κ1) is 14.2. The number of hydrogen-bond acceptors (Lipinski definition) is 1. The van der Waals surface area contributed by atoms with Crippen LogP contribution in [0.5, 0.6) is 0 Å². The van der Waals surface area contributed by atoms with Crippen molar-refractivity contribution in [1.82, 2.24) is 9.55 Å². The molecule has 2 nitrogen and oxygen atoms in total. The summed E-state index contributed by atoms with van der Waals surface area (Å²) in [5.41, 5.74) is 5.92. The van der Waals surface area contributed by atoms with E-state index in [4.69, 9.17) is 4.98 Å². The number of aromatic nitrogens is 2. The number of hydrogen-bond donors (Lipinski definition) is 0. The summed E-state index contributed by atoms with van der Waals surface area (Å²) in [6.07, 6.45) is 1.93. The first-order valence-corrected chi connectivity index (χ1v) is 8.56. The first-order chi connectivity index (χ1) is 12.2. The van der Waals surface area contributed by atoms with E-state index in [1.165, 1.54) is 38.1 Å². The molecule has 0 unspecified atom stereocenters. The smallest absolute Gasteiger partial charge is 0.0945 e. The molecule has 0 aliphatic heterocycles. The van der Waals surface area contributed by atoms with E-state index in [-0.39, 0.29) is 0 Å². The van der Waals surface area contributed by atoms with Gasteiger partial charge in [0.2, 0.25) is 0 Å². The molecular formula is C23H18N2. The van der Waals surface area contributed by atoms with Crippen molar-refractivity contribution in [2.45, 2.75) is 6.92 Å². The molecular weight excluding hydrogens is 304 g/mol. The molecule has 0 aliphatic carbocycles. The summed E-state index contributed by atoms with van der Waals surface area (Å²) in [5.74, 6) is 0. The molecule has 0 radical (unpaired) electrons. The van der Waals surface area contributed by atoms with Crippen molar-refractivity contribution in [1.29, 1.82) is 0 Å². The van der Waals surface area contributed by atoms with Gasteiger partial charge in [-0.1, -0.05) is 60.2 Å². The average molecular weight is 322 g/mol. The maximum Gasteiger partial charge on any atom is 0.0945 e. The Kier molecular flexibility index (Phi) is 2.95. The molecule has 0 fully saturated rings. The van der Waals surface area contributed by atoms with Crippen LogP contribution in [0.3, 0.4) is 0 Å². The Morgan fingerprint density at radius 2 is 1.68 bits per heavy atom. The predicted octanol–water partition coefficient (Wildman–Crippen LogP) is 5.86. The van der Waals surface area contributed by atoms with E-state index in [1.807, 2.05) is 12.3 Å². The van der Waals surface area contributed by atoms with Gasteiger partial charge in [-0.25, -0.2) is 0 Å². The van der Waals surface area contributed by atoms with E-state index in [1.54, 1.807) is 0 Å². The standard InChI is InChI=1S/C23H18N2/c1-15-8-10-18-17(14-15)9-11-20-21(18)19-12-13-24-22(23(19)25(20)2)16-6-4-3-5-7-16/h3-14H,1-2H3. The second kappa shape index (κ2) is 5.18. The van der Waals surface area contributed by atoms with Crippen molar-refractivity contribution in [2.75, 3.05) is 0 Å². The third-order valence-corrected chi connectivity index (χ3v) is 5.09. The minimum absolute atomic E-state index is 1.04. The van der Waals surface area contributed by atoms with Crippen molar-refractivity contribution in [3.8, 4) is 11.3 Å². The summed E-state index contributed by atoms with van der Waals surface area (Å²) in [6.45, 7) is 2.14. The van der Waals surface area contributed by atoms with Gasteiger partial charge in [0, 0.05) is 35.1 Å². The number of rotatable bonds is 1. The Hall–Kier alpha value is -3.13. The van der Waals surface area contributed by atoms with Crippen LogP contribution in [0.25, 0.3) is 43.8 Å². The quantitative estimate of drug-likeness (QED) is 0.378. The zero-order chi connectivity index (χ0) is 17.0. The molecule has 2 heterocycles. The number of aryl methyl sites for hydroxylation is 2. The highest BCUT2D eigenvalue weighted by Gasteiger charge is 2.15. The molecule has 0 spiro atoms. The summed E-state index contributed by atoms with van der Waals surface area (Å²) >= 11 is 0. The van der Waals surface area contributed by atoms with E-state index in [0.29, 0.717) is 0 Å². The molecule has 5 rings (SSSR count). The van der Waals surface area contributed by atoms with Crippen LogP contribution in [0.1, 0.15) is 5.56 Å². The number of pyridine rings is 1. The van der Waals surface area contributed by atoms with Crippen LogP contribution in [0.15, 0.2) is 72.9 Å². The fourth-order valence-corrected chi connectivity index (χ4v) is 3.92. The van der Waals surface area contributed by atoms with Crippen LogP contribution >= 0.6 is 0 Å². The summed E-state index contributed by atoms with van der Waals surface area (Å²) in [5, 5.41) is 5.17. The maximum atomic E-state index is 4.71. The Morgan fingerprint density at radius 1 is 0.840 bits per heavy atom. The fourth-order valence-electron chi connectivity index (χ4n) is 3.92. The molecule has 0 bridgehead atoms. The van der Waals surface area contributed by atoms with Crippen LogP contribution in [0.4, 0.5) is 0 Å². The lowest BCUT2D eigenvalue weighted by Gasteiger charge is -2.05. The number of nitrogens with zero attached hydrogens (tertiary/aromatic N) is 2. The van der Waals surface area contributed by atoms with Crippen LogP contribution in [-0.4, -0.2) is 9.55 Å². The van der Waals surface area contributed by atoms with Gasteiger partial charge >= 0.3 is 0 Å². The van der Waals surface area contributed by atoms with Gasteiger partial charge < -0.3 is 4.57 Å². The highest BCUT2D eigenvalue weighted by molar-refractivity contribution is 6.22. The number of benzene rings is 3. The maximum absolute atomic E-state index is 4.71. The number of fused-ring (bicyclic) bond motifs is 5. The largest absolute Gasteiger partial charge is 0.342 e. The van der Waals surface area contributed by atoms with Gasteiger partial charge in [-0.15, -0.1) is 0 Å².